The molecule has 0 saturated carbocycles. The number of hydrogen-bond donors (Lipinski definition) is 1. The van der Waals surface area contributed by atoms with Crippen molar-refractivity contribution in [2.45, 2.75) is 51.0 Å². The maximum atomic E-state index is 12.9. The topological polar surface area (TPSA) is 66.5 Å². The molecule has 0 unspecified atom stereocenters. The van der Waals surface area contributed by atoms with Crippen LogP contribution in [-0.2, 0) is 21.4 Å². The highest BCUT2D eigenvalue weighted by Gasteiger charge is 2.27. The third kappa shape index (κ3) is 4.32. The van der Waals surface area contributed by atoms with E-state index < -0.39 is 10.0 Å². The molecule has 0 radical (unpaired) electrons. The molecule has 0 aromatic heterocycles. The molecule has 1 aromatic carbocycles. The number of piperidine rings is 1. The first kappa shape index (κ1) is 17.9. The van der Waals surface area contributed by atoms with E-state index in [1.165, 1.54) is 0 Å². The van der Waals surface area contributed by atoms with E-state index in [4.69, 9.17) is 0 Å². The molecule has 1 amide bonds. The molecular weight excluding hydrogens is 312 g/mol. The Bertz CT molecular complexity index is 637. The van der Waals surface area contributed by atoms with Gasteiger partial charge in [-0.25, -0.2) is 8.42 Å². The van der Waals surface area contributed by atoms with Crippen LogP contribution in [0, 0.1) is 5.92 Å². The van der Waals surface area contributed by atoms with Crippen LogP contribution >= 0.6 is 0 Å². The number of carbonyl (C=O) groups is 1. The second kappa shape index (κ2) is 7.93. The summed E-state index contributed by atoms with van der Waals surface area (Å²) in [6, 6.07) is 6.94. The summed E-state index contributed by atoms with van der Waals surface area (Å²) in [5, 5.41) is 2.84. The van der Waals surface area contributed by atoms with E-state index in [1.807, 2.05) is 13.8 Å². The number of rotatable bonds is 6. The maximum Gasteiger partial charge on any atom is 0.243 e. The van der Waals surface area contributed by atoms with Crippen molar-refractivity contribution in [3.63, 3.8) is 0 Å². The fourth-order valence-corrected chi connectivity index (χ4v) is 4.43. The Balaban J connectivity index is 2.18. The molecule has 23 heavy (non-hydrogen) atoms. The largest absolute Gasteiger partial charge is 0.352 e. The van der Waals surface area contributed by atoms with Crippen molar-refractivity contribution < 1.29 is 13.2 Å². The minimum Gasteiger partial charge on any atom is -0.352 e. The van der Waals surface area contributed by atoms with E-state index in [2.05, 4.69) is 5.32 Å². The lowest BCUT2D eigenvalue weighted by atomic mass is 10.1. The number of carbonyl (C=O) groups excluding carboxylic acids is 1. The normalized spacial score (nSPS) is 17.7. The van der Waals surface area contributed by atoms with E-state index in [9.17, 15) is 13.2 Å². The summed E-state index contributed by atoms with van der Waals surface area (Å²) in [4.78, 5) is 12.3. The summed E-state index contributed by atoms with van der Waals surface area (Å²) in [5.41, 5.74) is 0.648. The first-order valence-corrected chi connectivity index (χ1v) is 9.76. The number of nitrogens with one attached hydrogen (secondary N) is 1. The summed E-state index contributed by atoms with van der Waals surface area (Å²) in [7, 11) is -3.48. The Kier molecular flexibility index (Phi) is 6.18. The van der Waals surface area contributed by atoms with Crippen molar-refractivity contribution in [1.82, 2.24) is 9.62 Å². The SMILES string of the molecule is CC[C@@H](C)C(=O)NCc1ccccc1S(=O)(=O)N1CCCCC1. The van der Waals surface area contributed by atoms with Crippen LogP contribution < -0.4 is 5.32 Å². The average molecular weight is 338 g/mol. The maximum absolute atomic E-state index is 12.9. The minimum atomic E-state index is -3.48. The molecule has 1 N–H and O–H groups in total. The molecule has 1 fully saturated rings. The molecule has 128 valence electrons. The first-order chi connectivity index (χ1) is 11.0. The summed E-state index contributed by atoms with van der Waals surface area (Å²) < 4.78 is 27.3. The number of benzene rings is 1. The Hall–Kier alpha value is -1.40. The van der Waals surface area contributed by atoms with Gasteiger partial charge in [0.1, 0.15) is 0 Å². The summed E-state index contributed by atoms with van der Waals surface area (Å²) in [6.07, 6.45) is 3.66. The van der Waals surface area contributed by atoms with Crippen LogP contribution in [0.2, 0.25) is 0 Å². The van der Waals surface area contributed by atoms with Crippen molar-refractivity contribution in [3.05, 3.63) is 29.8 Å². The summed E-state index contributed by atoms with van der Waals surface area (Å²) >= 11 is 0. The molecule has 1 aliphatic heterocycles. The van der Waals surface area contributed by atoms with Crippen molar-refractivity contribution in [3.8, 4) is 0 Å². The van der Waals surface area contributed by atoms with Crippen molar-refractivity contribution in [2.75, 3.05) is 13.1 Å². The van der Waals surface area contributed by atoms with Gasteiger partial charge in [-0.1, -0.05) is 38.5 Å². The van der Waals surface area contributed by atoms with E-state index >= 15 is 0 Å². The Labute approximate surface area is 139 Å². The van der Waals surface area contributed by atoms with Gasteiger partial charge >= 0.3 is 0 Å². The van der Waals surface area contributed by atoms with Gasteiger partial charge in [0.15, 0.2) is 0 Å². The van der Waals surface area contributed by atoms with E-state index in [0.29, 0.717) is 23.5 Å². The standard InChI is InChI=1S/C17H26N2O3S/c1-3-14(2)17(20)18-13-15-9-5-6-10-16(15)23(21,22)19-11-7-4-8-12-19/h5-6,9-10,14H,3-4,7-8,11-13H2,1-2H3,(H,18,20)/t14-/m1/s1. The average Bonchev–Trinajstić information content (AvgIpc) is 2.59. The third-order valence-electron chi connectivity index (χ3n) is 4.42. The van der Waals surface area contributed by atoms with Gasteiger partial charge in [0, 0.05) is 25.6 Å². The molecular formula is C17H26N2O3S. The van der Waals surface area contributed by atoms with Gasteiger partial charge in [0.2, 0.25) is 15.9 Å². The second-order valence-corrected chi connectivity index (χ2v) is 8.01. The van der Waals surface area contributed by atoms with Crippen LogP contribution in [0.5, 0.6) is 0 Å². The molecule has 6 heteroatoms. The minimum absolute atomic E-state index is 0.0438. The van der Waals surface area contributed by atoms with Crippen LogP contribution in [0.15, 0.2) is 29.2 Å². The van der Waals surface area contributed by atoms with Gasteiger partial charge in [0.05, 0.1) is 4.90 Å². The molecule has 1 saturated heterocycles. The lowest BCUT2D eigenvalue weighted by Crippen LogP contribution is -2.36. The number of nitrogens with zero attached hydrogens (tertiary/aromatic N) is 1. The predicted octanol–water partition coefficient (Wildman–Crippen LogP) is 2.52. The fraction of sp³-hybridized carbons (Fsp3) is 0.588. The van der Waals surface area contributed by atoms with Gasteiger partial charge in [-0.3, -0.25) is 4.79 Å². The zero-order valence-corrected chi connectivity index (χ0v) is 14.7. The van der Waals surface area contributed by atoms with E-state index in [0.717, 1.165) is 25.7 Å². The van der Waals surface area contributed by atoms with Gasteiger partial charge < -0.3 is 5.32 Å². The monoisotopic (exact) mass is 338 g/mol. The zero-order valence-electron chi connectivity index (χ0n) is 13.9. The molecule has 0 spiro atoms. The molecule has 5 nitrogen and oxygen atoms in total. The quantitative estimate of drug-likeness (QED) is 0.867. The lowest BCUT2D eigenvalue weighted by molar-refractivity contribution is -0.124. The van der Waals surface area contributed by atoms with Gasteiger partial charge in [-0.2, -0.15) is 4.31 Å². The smallest absolute Gasteiger partial charge is 0.243 e. The van der Waals surface area contributed by atoms with Crippen LogP contribution in [0.4, 0.5) is 0 Å². The van der Waals surface area contributed by atoms with E-state index in [-0.39, 0.29) is 18.4 Å². The van der Waals surface area contributed by atoms with Crippen LogP contribution in [-0.4, -0.2) is 31.7 Å². The molecule has 0 bridgehead atoms. The van der Waals surface area contributed by atoms with Gasteiger partial charge in [-0.15, -0.1) is 0 Å². The van der Waals surface area contributed by atoms with Gasteiger partial charge in [-0.05, 0) is 30.9 Å². The molecule has 0 aliphatic carbocycles. The highest BCUT2D eigenvalue weighted by Crippen LogP contribution is 2.23. The van der Waals surface area contributed by atoms with Crippen molar-refractivity contribution in [1.29, 1.82) is 0 Å². The first-order valence-electron chi connectivity index (χ1n) is 8.32. The number of hydrogen-bond acceptors (Lipinski definition) is 3. The molecule has 1 aliphatic rings. The van der Waals surface area contributed by atoms with Crippen LogP contribution in [0.1, 0.15) is 45.1 Å². The predicted molar refractivity (Wildman–Crippen MR) is 90.4 cm³/mol. The Morgan fingerprint density at radius 1 is 1.22 bits per heavy atom. The van der Waals surface area contributed by atoms with Crippen LogP contribution in [0.3, 0.4) is 0 Å². The second-order valence-electron chi connectivity index (χ2n) is 6.10. The fourth-order valence-electron chi connectivity index (χ4n) is 2.69. The third-order valence-corrected chi connectivity index (χ3v) is 6.42. The zero-order chi connectivity index (χ0) is 16.9. The highest BCUT2D eigenvalue weighted by atomic mass is 32.2. The van der Waals surface area contributed by atoms with E-state index in [1.54, 1.807) is 28.6 Å². The van der Waals surface area contributed by atoms with Crippen molar-refractivity contribution in [2.24, 2.45) is 5.92 Å². The Morgan fingerprint density at radius 3 is 2.52 bits per heavy atom. The summed E-state index contributed by atoms with van der Waals surface area (Å²) in [6.45, 7) is 5.23. The number of sulfonamides is 1. The number of amides is 1. The lowest BCUT2D eigenvalue weighted by Gasteiger charge is -2.27. The highest BCUT2D eigenvalue weighted by molar-refractivity contribution is 7.89. The molecule has 1 heterocycles. The van der Waals surface area contributed by atoms with Crippen molar-refractivity contribution >= 4 is 15.9 Å². The van der Waals surface area contributed by atoms with Crippen LogP contribution in [0.25, 0.3) is 0 Å². The Morgan fingerprint density at radius 2 is 1.87 bits per heavy atom. The summed E-state index contributed by atoms with van der Waals surface area (Å²) in [5.74, 6) is -0.112. The molecule has 1 atom stereocenters. The molecule has 1 aromatic rings. The molecule has 2 rings (SSSR count). The van der Waals surface area contributed by atoms with Gasteiger partial charge in [0.25, 0.3) is 0 Å².